The zero-order valence-corrected chi connectivity index (χ0v) is 11.1. The van der Waals surface area contributed by atoms with Gasteiger partial charge in [0, 0.05) is 38.3 Å². The van der Waals surface area contributed by atoms with Crippen LogP contribution in [0.5, 0.6) is 0 Å². The number of aliphatic hydroxyl groups excluding tert-OH is 1. The second-order valence-electron chi connectivity index (χ2n) is 4.43. The summed E-state index contributed by atoms with van der Waals surface area (Å²) in [6, 6.07) is 0. The van der Waals surface area contributed by atoms with Crippen LogP contribution in [0.2, 0.25) is 0 Å². The maximum atomic E-state index is 9.10. The van der Waals surface area contributed by atoms with Crippen LogP contribution in [0.25, 0.3) is 0 Å². The molecule has 1 atom stereocenters. The van der Waals surface area contributed by atoms with Gasteiger partial charge in [-0.3, -0.25) is 0 Å². The molecule has 1 N–H and O–H groups in total. The highest BCUT2D eigenvalue weighted by molar-refractivity contribution is 7.09. The molecule has 1 aromatic heterocycles. The number of ether oxygens (including phenoxy) is 1. The normalized spacial score (nSPS) is 19.6. The lowest BCUT2D eigenvalue weighted by Gasteiger charge is -2.30. The lowest BCUT2D eigenvalue weighted by molar-refractivity contribution is 0.113. The van der Waals surface area contributed by atoms with Crippen LogP contribution in [0.1, 0.15) is 31.7 Å². The van der Waals surface area contributed by atoms with E-state index in [2.05, 4.69) is 14.3 Å². The molecule has 6 heteroatoms. The number of anilines is 1. The van der Waals surface area contributed by atoms with Crippen molar-refractivity contribution in [2.45, 2.75) is 25.9 Å². The SMILES string of the molecule is COC(C)c1nsc(N2CCC(CO)CC2)n1. The number of piperidine rings is 1. The van der Waals surface area contributed by atoms with Crippen LogP contribution in [0.4, 0.5) is 5.13 Å². The van der Waals surface area contributed by atoms with Crippen molar-refractivity contribution in [3.8, 4) is 0 Å². The van der Waals surface area contributed by atoms with Gasteiger partial charge in [0.05, 0.1) is 0 Å². The first-order valence-electron chi connectivity index (χ1n) is 5.96. The molecule has 0 aromatic carbocycles. The molecule has 1 fully saturated rings. The minimum Gasteiger partial charge on any atom is -0.396 e. The molecule has 0 bridgehead atoms. The van der Waals surface area contributed by atoms with Gasteiger partial charge in [-0.1, -0.05) is 0 Å². The van der Waals surface area contributed by atoms with Gasteiger partial charge in [0.25, 0.3) is 0 Å². The van der Waals surface area contributed by atoms with Crippen LogP contribution >= 0.6 is 11.5 Å². The average molecular weight is 257 g/mol. The van der Waals surface area contributed by atoms with Gasteiger partial charge in [-0.15, -0.1) is 0 Å². The molecule has 1 aromatic rings. The maximum absolute atomic E-state index is 9.10. The van der Waals surface area contributed by atoms with E-state index in [0.29, 0.717) is 12.5 Å². The predicted molar refractivity (Wildman–Crippen MR) is 67.4 cm³/mol. The third-order valence-corrected chi connectivity index (χ3v) is 4.08. The molecule has 1 aliphatic rings. The fourth-order valence-electron chi connectivity index (χ4n) is 1.93. The molecule has 2 heterocycles. The maximum Gasteiger partial charge on any atom is 0.205 e. The molecule has 2 rings (SSSR count). The standard InChI is InChI=1S/C11H19N3O2S/c1-8(16-2)10-12-11(17-13-10)14-5-3-9(7-15)4-6-14/h8-9,15H,3-7H2,1-2H3. The molecule has 0 aliphatic carbocycles. The van der Waals surface area contributed by atoms with E-state index in [9.17, 15) is 0 Å². The Bertz CT molecular complexity index is 350. The molecule has 1 saturated heterocycles. The Morgan fingerprint density at radius 3 is 2.82 bits per heavy atom. The number of hydrogen-bond donors (Lipinski definition) is 1. The predicted octanol–water partition coefficient (Wildman–Crippen LogP) is 1.45. The first-order chi connectivity index (χ1) is 8.24. The minimum absolute atomic E-state index is 0.0463. The summed E-state index contributed by atoms with van der Waals surface area (Å²) >= 11 is 1.43. The summed E-state index contributed by atoms with van der Waals surface area (Å²) in [5.41, 5.74) is 0. The molecule has 0 saturated carbocycles. The van der Waals surface area contributed by atoms with E-state index < -0.39 is 0 Å². The number of nitrogens with zero attached hydrogens (tertiary/aromatic N) is 3. The molecule has 0 spiro atoms. The molecule has 0 amide bonds. The number of rotatable bonds is 4. The van der Waals surface area contributed by atoms with Gasteiger partial charge in [-0.25, -0.2) is 4.98 Å². The summed E-state index contributed by atoms with van der Waals surface area (Å²) in [5.74, 6) is 1.22. The minimum atomic E-state index is -0.0463. The van der Waals surface area contributed by atoms with Crippen LogP contribution < -0.4 is 4.90 Å². The number of aliphatic hydroxyl groups is 1. The topological polar surface area (TPSA) is 58.5 Å². The quantitative estimate of drug-likeness (QED) is 0.885. The highest BCUT2D eigenvalue weighted by atomic mass is 32.1. The van der Waals surface area contributed by atoms with Crippen LogP contribution in [0, 0.1) is 5.92 Å². The van der Waals surface area contributed by atoms with E-state index >= 15 is 0 Å². The Balaban J connectivity index is 1.97. The van der Waals surface area contributed by atoms with E-state index in [0.717, 1.165) is 36.9 Å². The van der Waals surface area contributed by atoms with E-state index in [4.69, 9.17) is 9.84 Å². The first-order valence-corrected chi connectivity index (χ1v) is 6.74. The van der Waals surface area contributed by atoms with Crippen molar-refractivity contribution in [1.82, 2.24) is 9.36 Å². The van der Waals surface area contributed by atoms with Crippen LogP contribution in [0.15, 0.2) is 0 Å². The fraction of sp³-hybridized carbons (Fsp3) is 0.818. The fourth-order valence-corrected chi connectivity index (χ4v) is 2.73. The Morgan fingerprint density at radius 2 is 2.24 bits per heavy atom. The number of aromatic nitrogens is 2. The van der Waals surface area contributed by atoms with Gasteiger partial charge in [0.15, 0.2) is 5.82 Å². The van der Waals surface area contributed by atoms with Crippen molar-refractivity contribution >= 4 is 16.7 Å². The highest BCUT2D eigenvalue weighted by Crippen LogP contribution is 2.26. The summed E-state index contributed by atoms with van der Waals surface area (Å²) in [6.07, 6.45) is 2.02. The summed E-state index contributed by atoms with van der Waals surface area (Å²) < 4.78 is 9.52. The van der Waals surface area contributed by atoms with Crippen molar-refractivity contribution in [2.75, 3.05) is 31.7 Å². The van der Waals surface area contributed by atoms with E-state index in [1.807, 2.05) is 6.92 Å². The molecule has 0 radical (unpaired) electrons. The Kier molecular flexibility index (Phi) is 4.31. The molecule has 96 valence electrons. The van der Waals surface area contributed by atoms with Gasteiger partial charge in [0.2, 0.25) is 5.13 Å². The van der Waals surface area contributed by atoms with Crippen molar-refractivity contribution < 1.29 is 9.84 Å². The first kappa shape index (κ1) is 12.7. The molecule has 17 heavy (non-hydrogen) atoms. The molecular weight excluding hydrogens is 238 g/mol. The van der Waals surface area contributed by atoms with Crippen LogP contribution in [-0.4, -0.2) is 41.3 Å². The average Bonchev–Trinajstić information content (AvgIpc) is 2.87. The van der Waals surface area contributed by atoms with Gasteiger partial charge in [0.1, 0.15) is 6.10 Å². The lowest BCUT2D eigenvalue weighted by atomic mass is 9.98. The van der Waals surface area contributed by atoms with Crippen LogP contribution in [-0.2, 0) is 4.74 Å². The Labute approximate surface area is 106 Å². The zero-order valence-electron chi connectivity index (χ0n) is 10.3. The smallest absolute Gasteiger partial charge is 0.205 e. The second-order valence-corrected chi connectivity index (χ2v) is 5.16. The van der Waals surface area contributed by atoms with Crippen molar-refractivity contribution in [3.05, 3.63) is 5.82 Å². The third-order valence-electron chi connectivity index (χ3n) is 3.29. The highest BCUT2D eigenvalue weighted by Gasteiger charge is 2.22. The van der Waals surface area contributed by atoms with E-state index in [1.165, 1.54) is 11.5 Å². The second kappa shape index (κ2) is 5.75. The summed E-state index contributed by atoms with van der Waals surface area (Å²) in [6.45, 7) is 4.17. The molecular formula is C11H19N3O2S. The van der Waals surface area contributed by atoms with E-state index in [1.54, 1.807) is 7.11 Å². The van der Waals surface area contributed by atoms with Crippen molar-refractivity contribution in [2.24, 2.45) is 5.92 Å². The largest absolute Gasteiger partial charge is 0.396 e. The lowest BCUT2D eigenvalue weighted by Crippen LogP contribution is -2.34. The summed E-state index contributed by atoms with van der Waals surface area (Å²) in [5, 5.41) is 10.1. The van der Waals surface area contributed by atoms with Crippen molar-refractivity contribution in [1.29, 1.82) is 0 Å². The van der Waals surface area contributed by atoms with Crippen LogP contribution in [0.3, 0.4) is 0 Å². The zero-order chi connectivity index (χ0) is 12.3. The van der Waals surface area contributed by atoms with E-state index in [-0.39, 0.29) is 6.10 Å². The molecule has 5 nitrogen and oxygen atoms in total. The number of hydrogen-bond acceptors (Lipinski definition) is 6. The molecule has 1 aliphatic heterocycles. The van der Waals surface area contributed by atoms with Gasteiger partial charge >= 0.3 is 0 Å². The van der Waals surface area contributed by atoms with Gasteiger partial charge in [-0.05, 0) is 25.7 Å². The Hall–Kier alpha value is -0.720. The van der Waals surface area contributed by atoms with Crippen molar-refractivity contribution in [3.63, 3.8) is 0 Å². The number of methoxy groups -OCH3 is 1. The Morgan fingerprint density at radius 1 is 1.53 bits per heavy atom. The monoisotopic (exact) mass is 257 g/mol. The molecule has 1 unspecified atom stereocenters. The van der Waals surface area contributed by atoms with Gasteiger partial charge < -0.3 is 14.7 Å². The third kappa shape index (κ3) is 2.94. The summed E-state index contributed by atoms with van der Waals surface area (Å²) in [7, 11) is 1.66. The summed E-state index contributed by atoms with van der Waals surface area (Å²) in [4.78, 5) is 6.75. The van der Waals surface area contributed by atoms with Gasteiger partial charge in [-0.2, -0.15) is 4.37 Å².